The lowest BCUT2D eigenvalue weighted by atomic mass is 10.1. The van der Waals surface area contributed by atoms with Crippen molar-refractivity contribution < 1.29 is 13.9 Å². The monoisotopic (exact) mass is 337 g/mol. The van der Waals surface area contributed by atoms with Crippen molar-refractivity contribution in [3.63, 3.8) is 0 Å². The molecule has 2 aromatic carbocycles. The van der Waals surface area contributed by atoms with E-state index in [-0.39, 0.29) is 11.7 Å². The fourth-order valence-electron chi connectivity index (χ4n) is 1.83. The van der Waals surface area contributed by atoms with E-state index in [0.29, 0.717) is 11.3 Å². The number of halogens is 2. The molecule has 0 radical (unpaired) electrons. The number of carbonyl (C=O) groups is 1. The lowest BCUT2D eigenvalue weighted by molar-refractivity contribution is 0.102. The minimum absolute atomic E-state index is 0.278. The van der Waals surface area contributed by atoms with Gasteiger partial charge in [-0.3, -0.25) is 4.79 Å². The molecule has 0 saturated carbocycles. The van der Waals surface area contributed by atoms with Crippen LogP contribution in [0.15, 0.2) is 40.9 Å². The first-order valence-corrected chi connectivity index (χ1v) is 6.71. The smallest absolute Gasteiger partial charge is 0.255 e. The number of rotatable bonds is 3. The summed E-state index contributed by atoms with van der Waals surface area (Å²) < 4.78 is 19.0. The normalized spacial score (nSPS) is 10.2. The molecule has 0 heterocycles. The summed E-state index contributed by atoms with van der Waals surface area (Å²) in [5.74, 6) is -0.414. The highest BCUT2D eigenvalue weighted by Crippen LogP contribution is 2.26. The molecule has 0 atom stereocenters. The van der Waals surface area contributed by atoms with Crippen LogP contribution in [0.2, 0.25) is 0 Å². The minimum Gasteiger partial charge on any atom is -0.494 e. The average Bonchev–Trinajstić information content (AvgIpc) is 2.39. The standard InChI is InChI=1S/C15H13BrFNO2/c1-9-5-10(7-11(16)6-9)15(19)18-13-4-3-12(17)8-14(13)20-2/h3-8H,1-2H3,(H,18,19). The Kier molecular flexibility index (Phi) is 4.39. The van der Waals surface area contributed by atoms with Crippen molar-refractivity contribution in [1.29, 1.82) is 0 Å². The van der Waals surface area contributed by atoms with Crippen LogP contribution in [0.5, 0.6) is 5.75 Å². The average molecular weight is 338 g/mol. The number of anilines is 1. The number of aryl methyl sites for hydroxylation is 1. The Morgan fingerprint density at radius 1 is 1.25 bits per heavy atom. The number of nitrogens with one attached hydrogen (secondary N) is 1. The molecule has 0 unspecified atom stereocenters. The predicted molar refractivity (Wildman–Crippen MR) is 79.8 cm³/mol. The topological polar surface area (TPSA) is 38.3 Å². The largest absolute Gasteiger partial charge is 0.494 e. The summed E-state index contributed by atoms with van der Waals surface area (Å²) in [6, 6.07) is 9.37. The predicted octanol–water partition coefficient (Wildman–Crippen LogP) is 4.16. The summed E-state index contributed by atoms with van der Waals surface area (Å²) in [7, 11) is 1.42. The zero-order valence-corrected chi connectivity index (χ0v) is 12.6. The van der Waals surface area contributed by atoms with Gasteiger partial charge in [0.25, 0.3) is 5.91 Å². The molecule has 1 N–H and O–H groups in total. The van der Waals surface area contributed by atoms with Gasteiger partial charge < -0.3 is 10.1 Å². The molecule has 0 fully saturated rings. The number of methoxy groups -OCH3 is 1. The van der Waals surface area contributed by atoms with Crippen LogP contribution in [0.3, 0.4) is 0 Å². The fraction of sp³-hybridized carbons (Fsp3) is 0.133. The van der Waals surface area contributed by atoms with E-state index in [2.05, 4.69) is 21.2 Å². The molecule has 0 aliphatic heterocycles. The van der Waals surface area contributed by atoms with Gasteiger partial charge in [0.05, 0.1) is 12.8 Å². The van der Waals surface area contributed by atoms with Crippen LogP contribution in [0.25, 0.3) is 0 Å². The van der Waals surface area contributed by atoms with Crippen molar-refractivity contribution in [2.24, 2.45) is 0 Å². The van der Waals surface area contributed by atoms with Gasteiger partial charge in [-0.25, -0.2) is 4.39 Å². The molecule has 0 aliphatic rings. The minimum atomic E-state index is -0.418. The van der Waals surface area contributed by atoms with E-state index in [0.717, 1.165) is 10.0 Å². The molecule has 1 amide bonds. The highest BCUT2D eigenvalue weighted by molar-refractivity contribution is 9.10. The Bertz CT molecular complexity index is 638. The SMILES string of the molecule is COc1cc(F)ccc1NC(=O)c1cc(C)cc(Br)c1. The maximum atomic E-state index is 13.1. The molecule has 0 aromatic heterocycles. The quantitative estimate of drug-likeness (QED) is 0.913. The molecular weight excluding hydrogens is 325 g/mol. The zero-order chi connectivity index (χ0) is 14.7. The molecular formula is C15H13BrFNO2. The van der Waals surface area contributed by atoms with Gasteiger partial charge in [-0.1, -0.05) is 15.9 Å². The van der Waals surface area contributed by atoms with Gasteiger partial charge in [0.1, 0.15) is 11.6 Å². The maximum absolute atomic E-state index is 13.1. The van der Waals surface area contributed by atoms with Gasteiger partial charge in [-0.05, 0) is 42.8 Å². The lowest BCUT2D eigenvalue weighted by Gasteiger charge is -2.10. The molecule has 5 heteroatoms. The van der Waals surface area contributed by atoms with Crippen molar-refractivity contribution >= 4 is 27.5 Å². The van der Waals surface area contributed by atoms with Gasteiger partial charge in [0.15, 0.2) is 0 Å². The lowest BCUT2D eigenvalue weighted by Crippen LogP contribution is -2.13. The van der Waals surface area contributed by atoms with Crippen LogP contribution in [0.1, 0.15) is 15.9 Å². The van der Waals surface area contributed by atoms with E-state index in [1.54, 1.807) is 12.1 Å². The molecule has 2 aromatic rings. The van der Waals surface area contributed by atoms with Crippen molar-refractivity contribution in [2.75, 3.05) is 12.4 Å². The molecule has 0 bridgehead atoms. The second-order valence-corrected chi connectivity index (χ2v) is 5.23. The number of ether oxygens (including phenoxy) is 1. The third-order valence-electron chi connectivity index (χ3n) is 2.72. The van der Waals surface area contributed by atoms with Crippen LogP contribution >= 0.6 is 15.9 Å². The first-order chi connectivity index (χ1) is 9.49. The van der Waals surface area contributed by atoms with Gasteiger partial charge in [-0.2, -0.15) is 0 Å². The van der Waals surface area contributed by atoms with E-state index >= 15 is 0 Å². The summed E-state index contributed by atoms with van der Waals surface area (Å²) in [5, 5.41) is 2.71. The number of carbonyl (C=O) groups excluding carboxylic acids is 1. The highest BCUT2D eigenvalue weighted by atomic mass is 79.9. The molecule has 0 aliphatic carbocycles. The molecule has 20 heavy (non-hydrogen) atoms. The van der Waals surface area contributed by atoms with Crippen molar-refractivity contribution in [1.82, 2.24) is 0 Å². The Morgan fingerprint density at radius 3 is 2.65 bits per heavy atom. The summed E-state index contributed by atoms with van der Waals surface area (Å²) in [6.45, 7) is 1.90. The molecule has 0 saturated heterocycles. The first kappa shape index (κ1) is 14.5. The fourth-order valence-corrected chi connectivity index (χ4v) is 2.44. The summed E-state index contributed by atoms with van der Waals surface area (Å²) in [6.07, 6.45) is 0. The van der Waals surface area contributed by atoms with Gasteiger partial charge in [-0.15, -0.1) is 0 Å². The number of hydrogen-bond acceptors (Lipinski definition) is 2. The van der Waals surface area contributed by atoms with Crippen LogP contribution in [-0.4, -0.2) is 13.0 Å². The zero-order valence-electron chi connectivity index (χ0n) is 11.0. The van der Waals surface area contributed by atoms with E-state index in [9.17, 15) is 9.18 Å². The van der Waals surface area contributed by atoms with Crippen LogP contribution in [0.4, 0.5) is 10.1 Å². The van der Waals surface area contributed by atoms with E-state index in [4.69, 9.17) is 4.74 Å². The van der Waals surface area contributed by atoms with E-state index in [1.165, 1.54) is 25.3 Å². The second-order valence-electron chi connectivity index (χ2n) is 4.32. The van der Waals surface area contributed by atoms with E-state index in [1.807, 2.05) is 13.0 Å². The summed E-state index contributed by atoms with van der Waals surface area (Å²) in [4.78, 5) is 12.2. The van der Waals surface area contributed by atoms with Crippen molar-refractivity contribution in [3.05, 3.63) is 57.8 Å². The van der Waals surface area contributed by atoms with Gasteiger partial charge in [0.2, 0.25) is 0 Å². The number of hydrogen-bond donors (Lipinski definition) is 1. The Morgan fingerprint density at radius 2 is 2.00 bits per heavy atom. The van der Waals surface area contributed by atoms with Crippen molar-refractivity contribution in [3.8, 4) is 5.75 Å². The maximum Gasteiger partial charge on any atom is 0.255 e. The van der Waals surface area contributed by atoms with Gasteiger partial charge in [0, 0.05) is 16.1 Å². The first-order valence-electron chi connectivity index (χ1n) is 5.91. The highest BCUT2D eigenvalue weighted by Gasteiger charge is 2.11. The molecule has 3 nitrogen and oxygen atoms in total. The number of amides is 1. The van der Waals surface area contributed by atoms with Crippen LogP contribution in [0, 0.1) is 12.7 Å². The van der Waals surface area contributed by atoms with Crippen LogP contribution < -0.4 is 10.1 Å². The third kappa shape index (κ3) is 3.36. The second kappa shape index (κ2) is 6.05. The van der Waals surface area contributed by atoms with Gasteiger partial charge >= 0.3 is 0 Å². The summed E-state index contributed by atoms with van der Waals surface area (Å²) in [5.41, 5.74) is 1.91. The Hall–Kier alpha value is -1.88. The molecule has 0 spiro atoms. The molecule has 2 rings (SSSR count). The third-order valence-corrected chi connectivity index (χ3v) is 3.17. The molecule has 104 valence electrons. The van der Waals surface area contributed by atoms with Crippen molar-refractivity contribution in [2.45, 2.75) is 6.92 Å². The Labute approximate surface area is 124 Å². The summed E-state index contributed by atoms with van der Waals surface area (Å²) >= 11 is 3.35. The number of benzene rings is 2. The van der Waals surface area contributed by atoms with Crippen LogP contribution in [-0.2, 0) is 0 Å². The Balaban J connectivity index is 2.27. The van der Waals surface area contributed by atoms with E-state index < -0.39 is 5.82 Å².